The molecule has 4 heterocycles. The lowest BCUT2D eigenvalue weighted by atomic mass is 10.1. The van der Waals surface area contributed by atoms with E-state index in [1.807, 2.05) is 36.5 Å². The van der Waals surface area contributed by atoms with Crippen LogP contribution < -0.4 is 11.1 Å². The van der Waals surface area contributed by atoms with Gasteiger partial charge >= 0.3 is 24.3 Å². The Hall–Kier alpha value is -4.67. The second-order valence-corrected chi connectivity index (χ2v) is 8.44. The molecular formula is C24H22F6N6O5. The number of fused-ring (bicyclic) bond motifs is 1. The van der Waals surface area contributed by atoms with Crippen molar-refractivity contribution in [2.45, 2.75) is 31.2 Å². The first-order valence-corrected chi connectivity index (χ1v) is 11.6. The number of carboxylic acid groups (broad SMARTS) is 2. The Morgan fingerprint density at radius 1 is 0.976 bits per heavy atom. The Bertz CT molecular complexity index is 1440. The SMILES string of the molecule is Nc1ncc(-c2cnn(C3CCNCC3)c2)cc1-c1nc2ccccc2o1.O=C(O)C(F)(F)F.O=C(O)C(F)(F)F. The number of alkyl halides is 6. The molecule has 0 unspecified atom stereocenters. The van der Waals surface area contributed by atoms with Crippen molar-refractivity contribution in [1.29, 1.82) is 0 Å². The van der Waals surface area contributed by atoms with E-state index < -0.39 is 24.3 Å². The molecule has 5 N–H and O–H groups in total. The summed E-state index contributed by atoms with van der Waals surface area (Å²) in [6.45, 7) is 2.07. The standard InChI is InChI=1S/C20H20N6O.2C2HF3O2/c21-19-16(20-25-17-3-1-2-4-18(17)27-20)9-13(10-23-19)14-11-24-26(12-14)15-5-7-22-8-6-15;2*3-2(4,5)1(6)7/h1-4,9-12,15,22H,5-8H2,(H2,21,23);2*(H,6,7). The van der Waals surface area contributed by atoms with Gasteiger partial charge in [-0.1, -0.05) is 12.1 Å². The van der Waals surface area contributed by atoms with E-state index in [1.165, 1.54) is 0 Å². The molecule has 5 rings (SSSR count). The minimum Gasteiger partial charge on any atom is -0.475 e. The summed E-state index contributed by atoms with van der Waals surface area (Å²) in [5, 5.41) is 22.2. The van der Waals surface area contributed by atoms with Crippen molar-refractivity contribution in [3.8, 4) is 22.6 Å². The molecule has 0 saturated carbocycles. The minimum atomic E-state index is -5.08. The van der Waals surface area contributed by atoms with E-state index in [9.17, 15) is 26.3 Å². The number of rotatable bonds is 3. The normalized spacial score (nSPS) is 14.0. The summed E-state index contributed by atoms with van der Waals surface area (Å²) in [7, 11) is 0. The van der Waals surface area contributed by atoms with Crippen LogP contribution in [0.4, 0.5) is 32.2 Å². The molecule has 0 amide bonds. The zero-order valence-corrected chi connectivity index (χ0v) is 20.8. The summed E-state index contributed by atoms with van der Waals surface area (Å²) >= 11 is 0. The fraction of sp³-hybridized carbons (Fsp3) is 0.292. The number of nitrogens with one attached hydrogen (secondary N) is 1. The highest BCUT2D eigenvalue weighted by atomic mass is 19.4. The lowest BCUT2D eigenvalue weighted by Gasteiger charge is -2.22. The van der Waals surface area contributed by atoms with Crippen molar-refractivity contribution >= 4 is 28.9 Å². The van der Waals surface area contributed by atoms with E-state index in [2.05, 4.69) is 31.3 Å². The van der Waals surface area contributed by atoms with Gasteiger partial charge in [-0.3, -0.25) is 4.68 Å². The quantitative estimate of drug-likeness (QED) is 0.250. The number of benzene rings is 1. The lowest BCUT2D eigenvalue weighted by molar-refractivity contribution is -0.193. The number of carboxylic acids is 2. The average Bonchev–Trinajstić information content (AvgIpc) is 3.57. The van der Waals surface area contributed by atoms with Gasteiger partial charge in [-0.2, -0.15) is 31.4 Å². The Balaban J connectivity index is 0.000000276. The number of nitrogen functional groups attached to an aromatic ring is 1. The van der Waals surface area contributed by atoms with Crippen molar-refractivity contribution in [3.63, 3.8) is 0 Å². The maximum Gasteiger partial charge on any atom is 0.490 e. The van der Waals surface area contributed by atoms with Crippen molar-refractivity contribution in [3.05, 3.63) is 48.9 Å². The number of aromatic nitrogens is 4. The molecule has 0 atom stereocenters. The van der Waals surface area contributed by atoms with Gasteiger partial charge in [-0.25, -0.2) is 19.6 Å². The number of nitrogens with two attached hydrogens (primary N) is 1. The van der Waals surface area contributed by atoms with E-state index in [1.54, 1.807) is 6.20 Å². The monoisotopic (exact) mass is 588 g/mol. The number of pyridine rings is 1. The summed E-state index contributed by atoms with van der Waals surface area (Å²) in [5.41, 5.74) is 10.3. The van der Waals surface area contributed by atoms with Gasteiger partial charge in [-0.05, 0) is 44.1 Å². The van der Waals surface area contributed by atoms with Crippen LogP contribution in [0.1, 0.15) is 18.9 Å². The molecule has 0 radical (unpaired) electrons. The van der Waals surface area contributed by atoms with Crippen LogP contribution in [0.15, 0.2) is 53.3 Å². The molecule has 220 valence electrons. The van der Waals surface area contributed by atoms with Crippen LogP contribution >= 0.6 is 0 Å². The maximum absolute atomic E-state index is 10.6. The topological polar surface area (TPSA) is 169 Å². The van der Waals surface area contributed by atoms with Crippen molar-refractivity contribution in [2.75, 3.05) is 18.8 Å². The number of piperidine rings is 1. The molecule has 11 nitrogen and oxygen atoms in total. The van der Waals surface area contributed by atoms with Gasteiger partial charge in [0.15, 0.2) is 5.58 Å². The van der Waals surface area contributed by atoms with Gasteiger partial charge in [-0.15, -0.1) is 0 Å². The zero-order chi connectivity index (χ0) is 30.4. The fourth-order valence-electron chi connectivity index (χ4n) is 3.55. The van der Waals surface area contributed by atoms with Crippen molar-refractivity contribution in [1.82, 2.24) is 25.1 Å². The lowest BCUT2D eigenvalue weighted by Crippen LogP contribution is -2.29. The van der Waals surface area contributed by atoms with Crippen molar-refractivity contribution < 1.29 is 50.6 Å². The number of nitrogens with zero attached hydrogens (tertiary/aromatic N) is 4. The van der Waals surface area contributed by atoms with E-state index in [-0.39, 0.29) is 0 Å². The number of aliphatic carboxylic acids is 2. The van der Waals surface area contributed by atoms with Crippen LogP contribution in [-0.2, 0) is 9.59 Å². The molecule has 17 heteroatoms. The smallest absolute Gasteiger partial charge is 0.475 e. The summed E-state index contributed by atoms with van der Waals surface area (Å²) in [4.78, 5) is 26.7. The summed E-state index contributed by atoms with van der Waals surface area (Å²) in [6, 6.07) is 10.1. The molecule has 1 aliphatic heterocycles. The summed E-state index contributed by atoms with van der Waals surface area (Å²) < 4.78 is 71.4. The van der Waals surface area contributed by atoms with Crippen LogP contribution in [0, 0.1) is 0 Å². The maximum atomic E-state index is 10.6. The molecule has 1 aliphatic rings. The first-order valence-electron chi connectivity index (χ1n) is 11.6. The highest BCUT2D eigenvalue weighted by Crippen LogP contribution is 2.31. The van der Waals surface area contributed by atoms with Crippen LogP contribution in [0.3, 0.4) is 0 Å². The number of hydrogen-bond donors (Lipinski definition) is 4. The molecule has 1 aromatic carbocycles. The molecular weight excluding hydrogens is 566 g/mol. The molecule has 1 saturated heterocycles. The number of anilines is 1. The van der Waals surface area contributed by atoms with Gasteiger partial charge in [0.25, 0.3) is 0 Å². The minimum absolute atomic E-state index is 0.399. The highest BCUT2D eigenvalue weighted by Gasteiger charge is 2.38. The van der Waals surface area contributed by atoms with Crippen LogP contribution in [0.25, 0.3) is 33.7 Å². The second kappa shape index (κ2) is 12.7. The number of oxazole rings is 1. The molecule has 4 aromatic rings. The van der Waals surface area contributed by atoms with Crippen LogP contribution in [-0.4, -0.2) is 67.3 Å². The van der Waals surface area contributed by atoms with Gasteiger partial charge in [0.05, 0.1) is 17.8 Å². The first-order chi connectivity index (χ1) is 19.2. The number of para-hydroxylation sites is 2. The van der Waals surface area contributed by atoms with Gasteiger partial charge < -0.3 is 25.7 Å². The van der Waals surface area contributed by atoms with Gasteiger partial charge in [0.1, 0.15) is 11.3 Å². The molecule has 41 heavy (non-hydrogen) atoms. The Kier molecular flexibility index (Phi) is 9.54. The zero-order valence-electron chi connectivity index (χ0n) is 20.8. The van der Waals surface area contributed by atoms with Gasteiger partial charge in [0, 0.05) is 23.5 Å². The van der Waals surface area contributed by atoms with E-state index >= 15 is 0 Å². The van der Waals surface area contributed by atoms with E-state index in [0.29, 0.717) is 23.3 Å². The third-order valence-electron chi connectivity index (χ3n) is 5.55. The molecule has 3 aromatic heterocycles. The Labute approximate surface area is 226 Å². The van der Waals surface area contributed by atoms with Gasteiger partial charge in [0.2, 0.25) is 5.89 Å². The Morgan fingerprint density at radius 3 is 2.12 bits per heavy atom. The van der Waals surface area contributed by atoms with E-state index in [4.69, 9.17) is 30.0 Å². The third-order valence-corrected chi connectivity index (χ3v) is 5.55. The largest absolute Gasteiger partial charge is 0.490 e. The van der Waals surface area contributed by atoms with Crippen LogP contribution in [0.2, 0.25) is 0 Å². The van der Waals surface area contributed by atoms with Crippen LogP contribution in [0.5, 0.6) is 0 Å². The number of carbonyl (C=O) groups is 2. The fourth-order valence-corrected chi connectivity index (χ4v) is 3.55. The summed E-state index contributed by atoms with van der Waals surface area (Å²) in [5.74, 6) is -4.63. The molecule has 1 fully saturated rings. The average molecular weight is 588 g/mol. The van der Waals surface area contributed by atoms with Crippen molar-refractivity contribution in [2.24, 2.45) is 0 Å². The number of halogens is 6. The highest BCUT2D eigenvalue weighted by molar-refractivity contribution is 5.80. The molecule has 0 bridgehead atoms. The third kappa shape index (κ3) is 8.41. The Morgan fingerprint density at radius 2 is 1.56 bits per heavy atom. The van der Waals surface area contributed by atoms with E-state index in [0.717, 1.165) is 48.2 Å². The molecule has 0 aliphatic carbocycles. The summed E-state index contributed by atoms with van der Waals surface area (Å²) in [6.07, 6.45) is -2.25. The first kappa shape index (κ1) is 30.9. The molecule has 0 spiro atoms. The predicted octanol–water partition coefficient (Wildman–Crippen LogP) is 4.53. The predicted molar refractivity (Wildman–Crippen MR) is 131 cm³/mol. The second-order valence-electron chi connectivity index (χ2n) is 8.44. The number of hydrogen-bond acceptors (Lipinski definition) is 8.